The van der Waals surface area contributed by atoms with E-state index >= 15 is 0 Å². The summed E-state index contributed by atoms with van der Waals surface area (Å²) in [4.78, 5) is 11.8. The van der Waals surface area contributed by atoms with Crippen LogP contribution in [-0.4, -0.2) is 12.6 Å². The SMILES string of the molecule is CC(C)c1ccccc1OCC(=O)OCc1ccc(C#N)cc1. The standard InChI is InChI=1S/C19H19NO3/c1-14(2)17-5-3-4-6-18(17)22-13-19(21)23-12-16-9-7-15(11-20)8-10-16/h3-10,14H,12-13H2,1-2H3. The molecule has 0 amide bonds. The maximum absolute atomic E-state index is 11.8. The first-order valence-electron chi connectivity index (χ1n) is 7.46. The summed E-state index contributed by atoms with van der Waals surface area (Å²) in [6, 6.07) is 16.6. The molecule has 23 heavy (non-hydrogen) atoms. The first-order valence-corrected chi connectivity index (χ1v) is 7.46. The first-order chi connectivity index (χ1) is 11.1. The minimum absolute atomic E-state index is 0.125. The Morgan fingerprint density at radius 2 is 1.83 bits per heavy atom. The zero-order valence-electron chi connectivity index (χ0n) is 13.3. The predicted octanol–water partition coefficient (Wildman–Crippen LogP) is 3.80. The highest BCUT2D eigenvalue weighted by molar-refractivity contribution is 5.71. The van der Waals surface area contributed by atoms with E-state index in [1.54, 1.807) is 24.3 Å². The summed E-state index contributed by atoms with van der Waals surface area (Å²) in [6.07, 6.45) is 0. The van der Waals surface area contributed by atoms with Crippen LogP contribution in [-0.2, 0) is 16.1 Å². The number of benzene rings is 2. The number of hydrogen-bond donors (Lipinski definition) is 0. The smallest absolute Gasteiger partial charge is 0.344 e. The normalized spacial score (nSPS) is 10.2. The molecule has 0 atom stereocenters. The largest absolute Gasteiger partial charge is 0.482 e. The number of carbonyl (C=O) groups excluding carboxylic acids is 1. The van der Waals surface area contributed by atoms with Crippen LogP contribution in [0.3, 0.4) is 0 Å². The monoisotopic (exact) mass is 309 g/mol. The lowest BCUT2D eigenvalue weighted by molar-refractivity contribution is -0.147. The second kappa shape index (κ2) is 8.00. The zero-order chi connectivity index (χ0) is 16.7. The molecular weight excluding hydrogens is 290 g/mol. The molecule has 2 aromatic rings. The molecule has 0 aromatic heterocycles. The third-order valence-corrected chi connectivity index (χ3v) is 3.37. The van der Waals surface area contributed by atoms with Crippen molar-refractivity contribution < 1.29 is 14.3 Å². The Kier molecular flexibility index (Phi) is 5.76. The molecule has 0 fully saturated rings. The van der Waals surface area contributed by atoms with Crippen LogP contribution in [0.2, 0.25) is 0 Å². The van der Waals surface area contributed by atoms with E-state index in [2.05, 4.69) is 13.8 Å². The van der Waals surface area contributed by atoms with E-state index in [1.807, 2.05) is 30.3 Å². The molecule has 0 spiro atoms. The van der Waals surface area contributed by atoms with Gasteiger partial charge in [0, 0.05) is 0 Å². The van der Waals surface area contributed by atoms with Gasteiger partial charge >= 0.3 is 5.97 Å². The maximum atomic E-state index is 11.8. The molecule has 4 heteroatoms. The number of ether oxygens (including phenoxy) is 2. The molecule has 0 radical (unpaired) electrons. The van der Waals surface area contributed by atoms with E-state index in [0.717, 1.165) is 11.1 Å². The molecule has 0 bridgehead atoms. The highest BCUT2D eigenvalue weighted by Gasteiger charge is 2.10. The topological polar surface area (TPSA) is 59.3 Å². The van der Waals surface area contributed by atoms with Crippen molar-refractivity contribution >= 4 is 5.97 Å². The summed E-state index contributed by atoms with van der Waals surface area (Å²) < 4.78 is 10.7. The molecular formula is C19H19NO3. The Bertz CT molecular complexity index is 699. The molecule has 2 aromatic carbocycles. The summed E-state index contributed by atoms with van der Waals surface area (Å²) in [6.45, 7) is 4.19. The Balaban J connectivity index is 1.84. The fourth-order valence-electron chi connectivity index (χ4n) is 2.11. The highest BCUT2D eigenvalue weighted by atomic mass is 16.6. The average molecular weight is 309 g/mol. The second-order valence-corrected chi connectivity index (χ2v) is 5.45. The fraction of sp³-hybridized carbons (Fsp3) is 0.263. The van der Waals surface area contributed by atoms with Gasteiger partial charge in [-0.1, -0.05) is 44.2 Å². The predicted molar refractivity (Wildman–Crippen MR) is 87.0 cm³/mol. The molecule has 0 saturated carbocycles. The minimum Gasteiger partial charge on any atom is -0.482 e. The van der Waals surface area contributed by atoms with Crippen LogP contribution in [0, 0.1) is 11.3 Å². The molecule has 4 nitrogen and oxygen atoms in total. The number of esters is 1. The Morgan fingerprint density at radius 1 is 1.13 bits per heavy atom. The van der Waals surface area contributed by atoms with Crippen LogP contribution >= 0.6 is 0 Å². The molecule has 0 unspecified atom stereocenters. The number of nitrogens with zero attached hydrogens (tertiary/aromatic N) is 1. The van der Waals surface area contributed by atoms with Gasteiger partial charge in [0.1, 0.15) is 12.4 Å². The Morgan fingerprint density at radius 3 is 2.48 bits per heavy atom. The van der Waals surface area contributed by atoms with Crippen LogP contribution < -0.4 is 4.74 Å². The quantitative estimate of drug-likeness (QED) is 0.761. The first kappa shape index (κ1) is 16.6. The van der Waals surface area contributed by atoms with E-state index in [9.17, 15) is 4.79 Å². The molecule has 0 aliphatic carbocycles. The van der Waals surface area contributed by atoms with Crippen LogP contribution in [0.5, 0.6) is 5.75 Å². The molecule has 2 rings (SSSR count). The van der Waals surface area contributed by atoms with Gasteiger partial charge in [-0.3, -0.25) is 0 Å². The van der Waals surface area contributed by atoms with Crippen LogP contribution in [0.1, 0.15) is 36.5 Å². The third kappa shape index (κ3) is 4.86. The van der Waals surface area contributed by atoms with Crippen molar-refractivity contribution in [2.45, 2.75) is 26.4 Å². The number of para-hydroxylation sites is 1. The summed E-state index contributed by atoms with van der Waals surface area (Å²) in [5, 5.41) is 8.73. The lowest BCUT2D eigenvalue weighted by Crippen LogP contribution is -2.15. The fourth-order valence-corrected chi connectivity index (χ4v) is 2.11. The Hall–Kier alpha value is -2.80. The van der Waals surface area contributed by atoms with Gasteiger partial charge in [-0.25, -0.2) is 4.79 Å². The second-order valence-electron chi connectivity index (χ2n) is 5.45. The zero-order valence-corrected chi connectivity index (χ0v) is 13.3. The number of nitriles is 1. The number of hydrogen-bond acceptors (Lipinski definition) is 4. The van der Waals surface area contributed by atoms with Gasteiger partial charge in [0.2, 0.25) is 0 Å². The van der Waals surface area contributed by atoms with Crippen molar-refractivity contribution in [3.05, 3.63) is 65.2 Å². The van der Waals surface area contributed by atoms with E-state index in [-0.39, 0.29) is 13.2 Å². The van der Waals surface area contributed by atoms with Crippen molar-refractivity contribution in [1.29, 1.82) is 5.26 Å². The van der Waals surface area contributed by atoms with E-state index in [1.165, 1.54) is 0 Å². The number of rotatable bonds is 6. The molecule has 118 valence electrons. The van der Waals surface area contributed by atoms with Crippen LogP contribution in [0.15, 0.2) is 48.5 Å². The number of carbonyl (C=O) groups is 1. The molecule has 0 saturated heterocycles. The van der Waals surface area contributed by atoms with Crippen LogP contribution in [0.25, 0.3) is 0 Å². The molecule has 0 aliphatic heterocycles. The lowest BCUT2D eigenvalue weighted by atomic mass is 10.0. The van der Waals surface area contributed by atoms with Crippen molar-refractivity contribution in [2.75, 3.05) is 6.61 Å². The highest BCUT2D eigenvalue weighted by Crippen LogP contribution is 2.25. The summed E-state index contributed by atoms with van der Waals surface area (Å²) in [7, 11) is 0. The van der Waals surface area contributed by atoms with Gasteiger partial charge in [-0.05, 0) is 35.2 Å². The van der Waals surface area contributed by atoms with Gasteiger partial charge in [-0.2, -0.15) is 5.26 Å². The van der Waals surface area contributed by atoms with Gasteiger partial charge in [0.05, 0.1) is 11.6 Å². The summed E-state index contributed by atoms with van der Waals surface area (Å²) in [5.74, 6) is 0.603. The van der Waals surface area contributed by atoms with Crippen molar-refractivity contribution in [3.8, 4) is 11.8 Å². The van der Waals surface area contributed by atoms with Gasteiger partial charge in [0.25, 0.3) is 0 Å². The van der Waals surface area contributed by atoms with Gasteiger partial charge < -0.3 is 9.47 Å². The van der Waals surface area contributed by atoms with Crippen molar-refractivity contribution in [1.82, 2.24) is 0 Å². The summed E-state index contributed by atoms with van der Waals surface area (Å²) >= 11 is 0. The average Bonchev–Trinajstić information content (AvgIpc) is 2.58. The van der Waals surface area contributed by atoms with Crippen molar-refractivity contribution in [2.24, 2.45) is 0 Å². The van der Waals surface area contributed by atoms with E-state index < -0.39 is 5.97 Å². The van der Waals surface area contributed by atoms with E-state index in [4.69, 9.17) is 14.7 Å². The molecule has 0 heterocycles. The van der Waals surface area contributed by atoms with E-state index in [0.29, 0.717) is 17.2 Å². The Labute approximate surface area is 136 Å². The maximum Gasteiger partial charge on any atom is 0.344 e. The molecule has 0 N–H and O–H groups in total. The minimum atomic E-state index is -0.423. The molecule has 0 aliphatic rings. The lowest BCUT2D eigenvalue weighted by Gasteiger charge is -2.13. The van der Waals surface area contributed by atoms with Crippen LogP contribution in [0.4, 0.5) is 0 Å². The summed E-state index contributed by atoms with van der Waals surface area (Å²) in [5.41, 5.74) is 2.47. The van der Waals surface area contributed by atoms with Gasteiger partial charge in [0.15, 0.2) is 6.61 Å². The van der Waals surface area contributed by atoms with Gasteiger partial charge in [-0.15, -0.1) is 0 Å². The van der Waals surface area contributed by atoms with Crippen molar-refractivity contribution in [3.63, 3.8) is 0 Å². The third-order valence-electron chi connectivity index (χ3n) is 3.37.